The molecule has 6 nitrogen and oxygen atoms in total. The topological polar surface area (TPSA) is 91.3 Å². The minimum absolute atomic E-state index is 0.170. The van der Waals surface area contributed by atoms with E-state index < -0.39 is 4.92 Å². The summed E-state index contributed by atoms with van der Waals surface area (Å²) in [6.45, 7) is 1.93. The average Bonchev–Trinajstić information content (AvgIpc) is 2.33. The minimum Gasteiger partial charge on any atom is -0.439 e. The van der Waals surface area contributed by atoms with Crippen LogP contribution in [0.15, 0.2) is 34.8 Å². The fourth-order valence-electron chi connectivity index (χ4n) is 1.46. The molecule has 0 unspecified atom stereocenters. The molecular weight excluding hydrogens is 314 g/mol. The number of halogens is 1. The predicted octanol–water partition coefficient (Wildman–Crippen LogP) is 3.44. The highest BCUT2D eigenvalue weighted by Gasteiger charge is 2.13. The van der Waals surface area contributed by atoms with Crippen molar-refractivity contribution in [2.75, 3.05) is 5.73 Å². The van der Waals surface area contributed by atoms with Crippen LogP contribution < -0.4 is 10.5 Å². The normalized spacial score (nSPS) is 10.2. The molecule has 0 saturated carbocycles. The van der Waals surface area contributed by atoms with E-state index >= 15 is 0 Å². The van der Waals surface area contributed by atoms with Gasteiger partial charge < -0.3 is 10.5 Å². The van der Waals surface area contributed by atoms with E-state index in [1.54, 1.807) is 6.07 Å². The third kappa shape index (κ3) is 3.00. The van der Waals surface area contributed by atoms with Crippen LogP contribution in [0, 0.1) is 17.0 Å². The summed E-state index contributed by atoms with van der Waals surface area (Å²) < 4.78 is 6.46. The van der Waals surface area contributed by atoms with Gasteiger partial charge in [0.15, 0.2) is 0 Å². The van der Waals surface area contributed by atoms with Gasteiger partial charge in [-0.1, -0.05) is 15.9 Å². The Kier molecular flexibility index (Phi) is 3.66. The standard InChI is InChI=1S/C12H10BrN3O3/c1-7-6-8(2-3-9(7)13)19-11-5-4-10(16(17)18)12(14)15-11/h2-6H,1H3,(H2,14,15). The largest absolute Gasteiger partial charge is 0.439 e. The number of ether oxygens (including phenoxy) is 1. The van der Waals surface area contributed by atoms with Crippen LogP contribution in [-0.4, -0.2) is 9.91 Å². The molecular formula is C12H10BrN3O3. The summed E-state index contributed by atoms with van der Waals surface area (Å²) in [5, 5.41) is 10.6. The zero-order valence-electron chi connectivity index (χ0n) is 9.96. The fraction of sp³-hybridized carbons (Fsp3) is 0.0833. The van der Waals surface area contributed by atoms with Crippen LogP contribution in [0.5, 0.6) is 11.6 Å². The van der Waals surface area contributed by atoms with Gasteiger partial charge in [0.1, 0.15) is 5.75 Å². The molecule has 0 bridgehead atoms. The molecule has 0 spiro atoms. The Morgan fingerprint density at radius 2 is 2.11 bits per heavy atom. The second kappa shape index (κ2) is 5.23. The second-order valence-electron chi connectivity index (χ2n) is 3.82. The Morgan fingerprint density at radius 1 is 1.37 bits per heavy atom. The molecule has 2 N–H and O–H groups in total. The number of nitrogen functional groups attached to an aromatic ring is 1. The Balaban J connectivity index is 2.26. The molecule has 0 amide bonds. The van der Waals surface area contributed by atoms with Gasteiger partial charge in [0.25, 0.3) is 0 Å². The van der Waals surface area contributed by atoms with Crippen molar-refractivity contribution in [3.05, 3.63) is 50.5 Å². The molecule has 0 atom stereocenters. The average molecular weight is 324 g/mol. The Labute approximate surface area is 117 Å². The van der Waals surface area contributed by atoms with Crippen molar-refractivity contribution >= 4 is 27.4 Å². The van der Waals surface area contributed by atoms with Gasteiger partial charge in [-0.15, -0.1) is 0 Å². The molecule has 1 aromatic carbocycles. The monoisotopic (exact) mass is 323 g/mol. The molecule has 0 aliphatic rings. The van der Waals surface area contributed by atoms with E-state index in [9.17, 15) is 10.1 Å². The zero-order valence-corrected chi connectivity index (χ0v) is 11.5. The molecule has 0 fully saturated rings. The lowest BCUT2D eigenvalue weighted by Gasteiger charge is -2.07. The van der Waals surface area contributed by atoms with Crippen molar-refractivity contribution in [2.24, 2.45) is 0 Å². The van der Waals surface area contributed by atoms with E-state index in [0.717, 1.165) is 10.0 Å². The van der Waals surface area contributed by atoms with E-state index in [2.05, 4.69) is 20.9 Å². The van der Waals surface area contributed by atoms with Gasteiger partial charge in [-0.2, -0.15) is 4.98 Å². The number of nitrogens with zero attached hydrogens (tertiary/aromatic N) is 2. The predicted molar refractivity (Wildman–Crippen MR) is 74.3 cm³/mol. The van der Waals surface area contributed by atoms with Crippen molar-refractivity contribution < 1.29 is 9.66 Å². The van der Waals surface area contributed by atoms with Crippen molar-refractivity contribution in [1.82, 2.24) is 4.98 Å². The van der Waals surface area contributed by atoms with E-state index in [1.807, 2.05) is 19.1 Å². The van der Waals surface area contributed by atoms with Crippen LogP contribution in [-0.2, 0) is 0 Å². The van der Waals surface area contributed by atoms with Crippen molar-refractivity contribution in [3.8, 4) is 11.6 Å². The fourth-order valence-corrected chi connectivity index (χ4v) is 1.71. The number of pyridine rings is 1. The summed E-state index contributed by atoms with van der Waals surface area (Å²) in [5.74, 6) is 0.627. The summed E-state index contributed by atoms with van der Waals surface area (Å²) >= 11 is 3.39. The molecule has 0 aliphatic heterocycles. The van der Waals surface area contributed by atoms with Crippen molar-refractivity contribution in [3.63, 3.8) is 0 Å². The Bertz CT molecular complexity index is 646. The molecule has 2 aromatic rings. The van der Waals surface area contributed by atoms with Crippen LogP contribution in [0.25, 0.3) is 0 Å². The van der Waals surface area contributed by atoms with Crippen molar-refractivity contribution in [2.45, 2.75) is 6.92 Å². The van der Waals surface area contributed by atoms with Gasteiger partial charge >= 0.3 is 5.69 Å². The molecule has 0 aliphatic carbocycles. The minimum atomic E-state index is -0.587. The highest BCUT2D eigenvalue weighted by atomic mass is 79.9. The number of nitrogens with two attached hydrogens (primary N) is 1. The lowest BCUT2D eigenvalue weighted by atomic mass is 10.2. The summed E-state index contributed by atoms with van der Waals surface area (Å²) in [6.07, 6.45) is 0. The van der Waals surface area contributed by atoms with Gasteiger partial charge in [-0.05, 0) is 30.7 Å². The van der Waals surface area contributed by atoms with Gasteiger partial charge in [-0.25, -0.2) is 0 Å². The van der Waals surface area contributed by atoms with Crippen LogP contribution in [0.2, 0.25) is 0 Å². The molecule has 0 saturated heterocycles. The molecule has 1 aromatic heterocycles. The van der Waals surface area contributed by atoms with Crippen LogP contribution in [0.3, 0.4) is 0 Å². The summed E-state index contributed by atoms with van der Waals surface area (Å²) in [7, 11) is 0. The first-order chi connectivity index (χ1) is 8.97. The number of aryl methyl sites for hydroxylation is 1. The molecule has 1 heterocycles. The molecule has 2 rings (SSSR count). The molecule has 19 heavy (non-hydrogen) atoms. The smallest absolute Gasteiger partial charge is 0.311 e. The van der Waals surface area contributed by atoms with E-state index in [4.69, 9.17) is 10.5 Å². The van der Waals surface area contributed by atoms with E-state index in [1.165, 1.54) is 12.1 Å². The van der Waals surface area contributed by atoms with Crippen LogP contribution in [0.1, 0.15) is 5.56 Å². The van der Waals surface area contributed by atoms with E-state index in [0.29, 0.717) is 5.75 Å². The maximum Gasteiger partial charge on any atom is 0.311 e. The first-order valence-electron chi connectivity index (χ1n) is 5.32. The number of hydrogen-bond acceptors (Lipinski definition) is 5. The SMILES string of the molecule is Cc1cc(Oc2ccc([N+](=O)[O-])c(N)n2)ccc1Br. The van der Waals surface area contributed by atoms with E-state index in [-0.39, 0.29) is 17.4 Å². The first-order valence-corrected chi connectivity index (χ1v) is 6.11. The third-order valence-corrected chi connectivity index (χ3v) is 3.32. The second-order valence-corrected chi connectivity index (χ2v) is 4.68. The number of hydrogen-bond donors (Lipinski definition) is 1. The Hall–Kier alpha value is -2.15. The van der Waals surface area contributed by atoms with Crippen molar-refractivity contribution in [1.29, 1.82) is 0 Å². The summed E-state index contributed by atoms with van der Waals surface area (Å²) in [4.78, 5) is 13.9. The van der Waals surface area contributed by atoms with Crippen LogP contribution in [0.4, 0.5) is 11.5 Å². The molecule has 7 heteroatoms. The highest BCUT2D eigenvalue weighted by Crippen LogP contribution is 2.28. The summed E-state index contributed by atoms with van der Waals surface area (Å²) in [5.41, 5.74) is 6.26. The number of aromatic nitrogens is 1. The maximum absolute atomic E-state index is 10.6. The van der Waals surface area contributed by atoms with Gasteiger partial charge in [0.2, 0.25) is 11.7 Å². The number of benzene rings is 1. The van der Waals surface area contributed by atoms with Gasteiger partial charge in [0, 0.05) is 16.6 Å². The number of anilines is 1. The first kappa shape index (κ1) is 13.3. The lowest BCUT2D eigenvalue weighted by molar-refractivity contribution is -0.384. The number of rotatable bonds is 3. The quantitative estimate of drug-likeness (QED) is 0.690. The maximum atomic E-state index is 10.6. The Morgan fingerprint density at radius 3 is 2.68 bits per heavy atom. The van der Waals surface area contributed by atoms with Gasteiger partial charge in [-0.3, -0.25) is 10.1 Å². The lowest BCUT2D eigenvalue weighted by Crippen LogP contribution is -1.99. The molecule has 98 valence electrons. The van der Waals surface area contributed by atoms with Crippen LogP contribution >= 0.6 is 15.9 Å². The summed E-state index contributed by atoms with van der Waals surface area (Å²) in [6, 6.07) is 8.11. The highest BCUT2D eigenvalue weighted by molar-refractivity contribution is 9.10. The number of nitro groups is 1. The van der Waals surface area contributed by atoms with Gasteiger partial charge in [0.05, 0.1) is 4.92 Å². The third-order valence-electron chi connectivity index (χ3n) is 2.43. The zero-order chi connectivity index (χ0) is 14.0. The molecule has 0 radical (unpaired) electrons.